The van der Waals surface area contributed by atoms with Gasteiger partial charge in [0, 0.05) is 6.07 Å². The van der Waals surface area contributed by atoms with Gasteiger partial charge in [0.25, 0.3) is 0 Å². The van der Waals surface area contributed by atoms with Gasteiger partial charge in [0.05, 0.1) is 19.8 Å². The molecule has 0 spiro atoms. The summed E-state index contributed by atoms with van der Waals surface area (Å²) in [5.41, 5.74) is -0.367. The number of rotatable bonds is 2. The molecule has 0 amide bonds. The predicted octanol–water partition coefficient (Wildman–Crippen LogP) is 3.03. The summed E-state index contributed by atoms with van der Waals surface area (Å²) >= 11 is 0. The lowest BCUT2D eigenvalue weighted by atomic mass is 10.1. The minimum atomic E-state index is -4.41. The molecule has 0 atom stereocenters. The van der Waals surface area contributed by atoms with Crippen LogP contribution in [0.1, 0.15) is 11.1 Å². The Morgan fingerprint density at radius 2 is 1.53 bits per heavy atom. The van der Waals surface area contributed by atoms with Crippen molar-refractivity contribution >= 4 is 0 Å². The SMILES string of the molecule is COc1cc(OC)c(C(F)(F)F)cc1C. The Morgan fingerprint density at radius 3 is 1.93 bits per heavy atom. The molecule has 15 heavy (non-hydrogen) atoms. The molecule has 5 heteroatoms. The first kappa shape index (κ1) is 11.7. The predicted molar refractivity (Wildman–Crippen MR) is 49.3 cm³/mol. The van der Waals surface area contributed by atoms with Crippen LogP contribution in [0, 0.1) is 6.92 Å². The maximum atomic E-state index is 12.5. The van der Waals surface area contributed by atoms with Crippen LogP contribution in [0.4, 0.5) is 13.2 Å². The molecule has 0 aliphatic rings. The fourth-order valence-corrected chi connectivity index (χ4v) is 1.28. The van der Waals surface area contributed by atoms with E-state index in [1.54, 1.807) is 6.92 Å². The number of hydrogen-bond acceptors (Lipinski definition) is 2. The first-order valence-electron chi connectivity index (χ1n) is 4.20. The Kier molecular flexibility index (Phi) is 3.12. The van der Waals surface area contributed by atoms with Gasteiger partial charge in [-0.3, -0.25) is 0 Å². The monoisotopic (exact) mass is 220 g/mol. The number of hydrogen-bond donors (Lipinski definition) is 0. The van der Waals surface area contributed by atoms with Crippen molar-refractivity contribution in [3.8, 4) is 11.5 Å². The zero-order valence-electron chi connectivity index (χ0n) is 8.61. The molecule has 1 aromatic rings. The van der Waals surface area contributed by atoms with E-state index in [4.69, 9.17) is 4.74 Å². The molecule has 0 saturated carbocycles. The Labute approximate surface area is 85.6 Å². The average molecular weight is 220 g/mol. The Morgan fingerprint density at radius 1 is 1.00 bits per heavy atom. The first-order chi connectivity index (χ1) is 6.90. The fraction of sp³-hybridized carbons (Fsp3) is 0.400. The standard InChI is InChI=1S/C10H11F3O2/c1-6-4-7(10(11,12)13)9(15-3)5-8(6)14-2/h4-5H,1-3H3. The quantitative estimate of drug-likeness (QED) is 0.762. The molecule has 0 unspecified atom stereocenters. The van der Waals surface area contributed by atoms with E-state index in [0.717, 1.165) is 6.07 Å². The second-order valence-corrected chi connectivity index (χ2v) is 3.02. The molecule has 1 aromatic carbocycles. The molecule has 0 heterocycles. The van der Waals surface area contributed by atoms with Crippen LogP contribution in [0.2, 0.25) is 0 Å². The summed E-state index contributed by atoms with van der Waals surface area (Å²) in [7, 11) is 2.59. The molecule has 1 rings (SSSR count). The molecule has 0 bridgehead atoms. The van der Waals surface area contributed by atoms with Crippen molar-refractivity contribution in [3.05, 3.63) is 23.3 Å². The van der Waals surface area contributed by atoms with Crippen molar-refractivity contribution in [3.63, 3.8) is 0 Å². The van der Waals surface area contributed by atoms with E-state index in [1.165, 1.54) is 20.3 Å². The van der Waals surface area contributed by atoms with Crippen LogP contribution < -0.4 is 9.47 Å². The maximum Gasteiger partial charge on any atom is 0.419 e. The number of halogens is 3. The van der Waals surface area contributed by atoms with E-state index in [2.05, 4.69) is 4.74 Å². The van der Waals surface area contributed by atoms with Crippen molar-refractivity contribution < 1.29 is 22.6 Å². The van der Waals surface area contributed by atoms with Crippen LogP contribution in [0.15, 0.2) is 12.1 Å². The summed E-state index contributed by atoms with van der Waals surface area (Å²) in [6.07, 6.45) is -4.41. The van der Waals surface area contributed by atoms with Gasteiger partial charge in [-0.2, -0.15) is 13.2 Å². The largest absolute Gasteiger partial charge is 0.496 e. The number of methoxy groups -OCH3 is 2. The third-order valence-corrected chi connectivity index (χ3v) is 2.02. The lowest BCUT2D eigenvalue weighted by Gasteiger charge is -2.14. The first-order valence-corrected chi connectivity index (χ1v) is 4.20. The summed E-state index contributed by atoms with van der Waals surface area (Å²) in [6, 6.07) is 2.25. The van der Waals surface area contributed by atoms with Crippen LogP contribution in [-0.2, 0) is 6.18 Å². The van der Waals surface area contributed by atoms with Crippen LogP contribution in [0.25, 0.3) is 0 Å². The van der Waals surface area contributed by atoms with Gasteiger partial charge in [-0.1, -0.05) is 0 Å². The van der Waals surface area contributed by atoms with E-state index in [0.29, 0.717) is 11.3 Å². The van der Waals surface area contributed by atoms with Crippen LogP contribution in [0.3, 0.4) is 0 Å². The second kappa shape index (κ2) is 4.00. The molecule has 84 valence electrons. The highest BCUT2D eigenvalue weighted by Crippen LogP contribution is 2.39. The third kappa shape index (κ3) is 2.34. The van der Waals surface area contributed by atoms with E-state index in [9.17, 15) is 13.2 Å². The Hall–Kier alpha value is -1.39. The summed E-state index contributed by atoms with van der Waals surface area (Å²) in [6.45, 7) is 1.55. The van der Waals surface area contributed by atoms with E-state index >= 15 is 0 Å². The zero-order valence-corrected chi connectivity index (χ0v) is 8.61. The van der Waals surface area contributed by atoms with Gasteiger partial charge in [0.15, 0.2) is 0 Å². The van der Waals surface area contributed by atoms with Gasteiger partial charge in [0.2, 0.25) is 0 Å². The highest BCUT2D eigenvalue weighted by molar-refractivity contribution is 5.47. The van der Waals surface area contributed by atoms with Gasteiger partial charge < -0.3 is 9.47 Å². The summed E-state index contributed by atoms with van der Waals surface area (Å²) in [4.78, 5) is 0. The maximum absolute atomic E-state index is 12.5. The van der Waals surface area contributed by atoms with Crippen molar-refractivity contribution in [2.45, 2.75) is 13.1 Å². The van der Waals surface area contributed by atoms with Crippen molar-refractivity contribution in [2.24, 2.45) is 0 Å². The summed E-state index contributed by atoms with van der Waals surface area (Å²) in [5, 5.41) is 0. The number of ether oxygens (including phenoxy) is 2. The smallest absolute Gasteiger partial charge is 0.419 e. The summed E-state index contributed by atoms with van der Waals surface area (Å²) in [5.74, 6) is 0.143. The van der Waals surface area contributed by atoms with Crippen LogP contribution in [-0.4, -0.2) is 14.2 Å². The molecule has 0 saturated heterocycles. The third-order valence-electron chi connectivity index (χ3n) is 2.02. The molecule has 0 radical (unpaired) electrons. The molecular weight excluding hydrogens is 209 g/mol. The van der Waals surface area contributed by atoms with Gasteiger partial charge in [0.1, 0.15) is 11.5 Å². The topological polar surface area (TPSA) is 18.5 Å². The lowest BCUT2D eigenvalue weighted by Crippen LogP contribution is -2.08. The van der Waals surface area contributed by atoms with E-state index < -0.39 is 11.7 Å². The lowest BCUT2D eigenvalue weighted by molar-refractivity contribution is -0.138. The van der Waals surface area contributed by atoms with Gasteiger partial charge in [-0.05, 0) is 18.6 Å². The van der Waals surface area contributed by atoms with Crippen molar-refractivity contribution in [1.29, 1.82) is 0 Å². The molecule has 0 aromatic heterocycles. The minimum absolute atomic E-state index is 0.232. The minimum Gasteiger partial charge on any atom is -0.496 e. The van der Waals surface area contributed by atoms with Crippen LogP contribution in [0.5, 0.6) is 11.5 Å². The average Bonchev–Trinajstić information content (AvgIpc) is 2.16. The molecular formula is C10H11F3O2. The number of aryl methyl sites for hydroxylation is 1. The van der Waals surface area contributed by atoms with Gasteiger partial charge in [-0.15, -0.1) is 0 Å². The number of alkyl halides is 3. The Balaban J connectivity index is 3.34. The normalized spacial score (nSPS) is 11.3. The summed E-state index contributed by atoms with van der Waals surface area (Å²) < 4.78 is 47.2. The Bertz CT molecular complexity index is 358. The molecule has 0 aliphatic heterocycles. The highest BCUT2D eigenvalue weighted by atomic mass is 19.4. The molecule has 2 nitrogen and oxygen atoms in total. The second-order valence-electron chi connectivity index (χ2n) is 3.02. The molecule has 0 aliphatic carbocycles. The van der Waals surface area contributed by atoms with E-state index in [1.807, 2.05) is 0 Å². The van der Waals surface area contributed by atoms with Gasteiger partial charge in [-0.25, -0.2) is 0 Å². The van der Waals surface area contributed by atoms with Crippen LogP contribution >= 0.6 is 0 Å². The van der Waals surface area contributed by atoms with E-state index in [-0.39, 0.29) is 5.75 Å². The highest BCUT2D eigenvalue weighted by Gasteiger charge is 2.35. The fourth-order valence-electron chi connectivity index (χ4n) is 1.28. The molecule has 0 N–H and O–H groups in total. The van der Waals surface area contributed by atoms with Crippen molar-refractivity contribution in [1.82, 2.24) is 0 Å². The zero-order chi connectivity index (χ0) is 11.6. The molecule has 0 fully saturated rings. The number of benzene rings is 1. The van der Waals surface area contributed by atoms with Crippen molar-refractivity contribution in [2.75, 3.05) is 14.2 Å². The van der Waals surface area contributed by atoms with Gasteiger partial charge >= 0.3 is 6.18 Å².